The van der Waals surface area contributed by atoms with E-state index in [1.54, 1.807) is 97.1 Å². The number of ether oxygens (including phenoxy) is 2. The third-order valence-corrected chi connectivity index (χ3v) is 16.2. The van der Waals surface area contributed by atoms with E-state index in [2.05, 4.69) is 5.16 Å². The molecule has 29 heteroatoms. The molecular formula is C86H55F4N3O22. The monoisotopic (exact) mass is 1560 g/mol. The van der Waals surface area contributed by atoms with Crippen molar-refractivity contribution in [3.05, 3.63) is 420 Å². The zero-order chi connectivity index (χ0) is 81.7. The molecule has 25 nitrogen and oxygen atoms in total. The minimum atomic E-state index is -0.899. The van der Waals surface area contributed by atoms with Crippen LogP contribution in [-0.2, 0) is 38.9 Å². The summed E-state index contributed by atoms with van der Waals surface area (Å²) < 4.78 is 106. The number of halogens is 4. The van der Waals surface area contributed by atoms with Crippen LogP contribution in [0.2, 0.25) is 0 Å². The van der Waals surface area contributed by atoms with Gasteiger partial charge in [-0.1, -0.05) is 114 Å². The van der Waals surface area contributed by atoms with Crippen LogP contribution in [0.4, 0.5) is 17.6 Å². The number of aromatic hydroxyl groups is 2. The van der Waals surface area contributed by atoms with Crippen LogP contribution in [0.3, 0.4) is 0 Å². The van der Waals surface area contributed by atoms with Gasteiger partial charge in [0.25, 0.3) is 23.1 Å². The lowest BCUT2D eigenvalue weighted by Gasteiger charge is -2.09. The summed E-state index contributed by atoms with van der Waals surface area (Å²) in [6.45, 7) is 0.0631. The highest BCUT2D eigenvalue weighted by molar-refractivity contribution is 6.09. The zero-order valence-corrected chi connectivity index (χ0v) is 59.3. The largest absolute Gasteiger partial charge is 0.501 e. The first kappa shape index (κ1) is 80.0. The van der Waals surface area contributed by atoms with Gasteiger partial charge in [-0.15, -0.1) is 0 Å². The average molecular weight is 1560 g/mol. The maximum atomic E-state index is 13.1. The molecule has 0 aliphatic rings. The van der Waals surface area contributed by atoms with Crippen molar-refractivity contribution in [2.45, 2.75) is 38.9 Å². The molecule has 0 saturated carbocycles. The molecule has 8 heterocycles. The van der Waals surface area contributed by atoms with Crippen LogP contribution in [0.15, 0.2) is 290 Å². The van der Waals surface area contributed by atoms with E-state index in [0.717, 1.165) is 63.9 Å². The first-order valence-electron chi connectivity index (χ1n) is 33.9. The van der Waals surface area contributed by atoms with Crippen molar-refractivity contribution >= 4 is 35.6 Å². The second kappa shape index (κ2) is 37.4. The van der Waals surface area contributed by atoms with Gasteiger partial charge < -0.3 is 60.2 Å². The van der Waals surface area contributed by atoms with E-state index >= 15 is 0 Å². The molecule has 574 valence electrons. The molecule has 0 fully saturated rings. The topological polar surface area (TPSA) is 398 Å². The molecule has 0 amide bonds. The Hall–Kier alpha value is -16.0. The summed E-state index contributed by atoms with van der Waals surface area (Å²) in [7, 11) is 0. The van der Waals surface area contributed by atoms with Gasteiger partial charge in [0.05, 0.1) is 0 Å². The molecule has 14 aromatic rings. The van der Waals surface area contributed by atoms with Gasteiger partial charge >= 0.3 is 0 Å². The number of ketones is 4. The third-order valence-electron chi connectivity index (χ3n) is 16.2. The molecule has 6 aromatic carbocycles. The Bertz CT molecular complexity index is 6070. The summed E-state index contributed by atoms with van der Waals surface area (Å²) in [5, 5.41) is 48.6. The van der Waals surface area contributed by atoms with Gasteiger partial charge in [-0.2, -0.15) is 10.5 Å². The second-order valence-electron chi connectivity index (χ2n) is 24.4. The van der Waals surface area contributed by atoms with E-state index in [9.17, 15) is 70.9 Å². The number of nitriles is 2. The summed E-state index contributed by atoms with van der Waals surface area (Å²) in [6.07, 6.45) is 2.54. The van der Waals surface area contributed by atoms with Crippen molar-refractivity contribution in [1.29, 1.82) is 10.5 Å². The normalized spacial score (nSPS) is 10.7. The Kier molecular flexibility index (Phi) is 26.0. The number of rotatable bonds is 24. The fourth-order valence-electron chi connectivity index (χ4n) is 10.6. The number of aldehydes is 1. The van der Waals surface area contributed by atoms with Gasteiger partial charge in [0.15, 0.2) is 40.8 Å². The van der Waals surface area contributed by atoms with Gasteiger partial charge in [-0.05, 0) is 130 Å². The predicted molar refractivity (Wildman–Crippen MR) is 394 cm³/mol. The van der Waals surface area contributed by atoms with Crippen molar-refractivity contribution in [1.82, 2.24) is 0 Å². The standard InChI is InChI=1S/C25H18FNO6.C25H17FO6.2C18H10FNO5/c26-18-8-6-16(7-9-18)12-19-10-11-22(32-19)23(29)25-24(21(28)13-20(33-25)14-27-30)31-15-17-4-2-1-3-5-17;26-18-8-6-16(7-9-18)12-19-10-11-22(31-19)23(29)25-24(21(28)13-20(14-27)32-25)30-15-17-4-2-1-3-5-17;2*19-11-3-1-10(2-4-11)7-12-5-6-15(24-12)17(23)18-16(22)14(21)8-13(9-20)25-18/h1-11,13-14,30H,12,15H2;1-11,13-14H,12,15H2;2*1-6,8,22H,7H2/b27-14+;;;. The number of benzene rings is 6. The van der Waals surface area contributed by atoms with Gasteiger partial charge in [-0.3, -0.25) is 43.2 Å². The lowest BCUT2D eigenvalue weighted by atomic mass is 10.1. The maximum Gasteiger partial charge on any atom is 0.267 e. The SMILES string of the molecule is N#Cc1cc(=O)c(O)c(C(=O)c2ccc(Cc3ccc(F)cc3)o2)o1.N#Cc1cc(=O)c(O)c(C(=O)c2ccc(Cc3ccc(F)cc3)o2)o1.O=C(c1ccc(Cc2ccc(F)cc2)o1)c1oc(/C=N/O)cc(=O)c1OCc1ccccc1.O=Cc1cc(=O)c(OCc2ccccc2)c(C(=O)c2ccc(Cc3ccc(F)cc3)o2)o1. The molecule has 8 aromatic heterocycles. The quantitative estimate of drug-likeness (QED) is 0.0126. The minimum absolute atomic E-state index is 0.0281. The zero-order valence-electron chi connectivity index (χ0n) is 59.3. The van der Waals surface area contributed by atoms with Crippen molar-refractivity contribution in [2.24, 2.45) is 5.16 Å². The molecule has 0 radical (unpaired) electrons. The smallest absolute Gasteiger partial charge is 0.267 e. The lowest BCUT2D eigenvalue weighted by molar-refractivity contribution is 0.0958. The van der Waals surface area contributed by atoms with E-state index in [-0.39, 0.29) is 88.3 Å². The van der Waals surface area contributed by atoms with E-state index in [1.807, 2.05) is 48.5 Å². The van der Waals surface area contributed by atoms with Gasteiger partial charge in [0, 0.05) is 49.9 Å². The number of hydrogen-bond acceptors (Lipinski definition) is 25. The Labute approximate surface area is 644 Å². The Balaban J connectivity index is 0.000000152. The van der Waals surface area contributed by atoms with E-state index in [1.165, 1.54) is 72.8 Å². The van der Waals surface area contributed by atoms with Crippen molar-refractivity contribution in [3.8, 4) is 35.1 Å². The summed E-state index contributed by atoms with van der Waals surface area (Å²) in [4.78, 5) is 110. The fraction of sp³-hybridized carbons (Fsp3) is 0.0698. The summed E-state index contributed by atoms with van der Waals surface area (Å²) >= 11 is 0. The number of carbonyl (C=O) groups is 5. The Morgan fingerprint density at radius 1 is 0.365 bits per heavy atom. The lowest BCUT2D eigenvalue weighted by Crippen LogP contribution is -2.15. The van der Waals surface area contributed by atoms with Crippen LogP contribution < -0.4 is 31.2 Å². The second-order valence-corrected chi connectivity index (χ2v) is 24.4. The third kappa shape index (κ3) is 21.1. The molecule has 0 unspecified atom stereocenters. The minimum Gasteiger partial charge on any atom is -0.501 e. The number of nitrogens with zero attached hydrogens (tertiary/aromatic N) is 3. The molecular weight excluding hydrogens is 1500 g/mol. The summed E-state index contributed by atoms with van der Waals surface area (Å²) in [5.41, 5.74) is 1.63. The summed E-state index contributed by atoms with van der Waals surface area (Å²) in [5.74, 6) is -9.01. The van der Waals surface area contributed by atoms with E-state index in [0.29, 0.717) is 55.0 Å². The van der Waals surface area contributed by atoms with Crippen LogP contribution >= 0.6 is 0 Å². The number of oxime groups is 1. The fourth-order valence-corrected chi connectivity index (χ4v) is 10.6. The van der Waals surface area contributed by atoms with E-state index in [4.69, 9.17) is 60.5 Å². The highest BCUT2D eigenvalue weighted by Gasteiger charge is 2.29. The first-order chi connectivity index (χ1) is 55.5. The first-order valence-corrected chi connectivity index (χ1v) is 33.9. The van der Waals surface area contributed by atoms with E-state index < -0.39 is 85.1 Å². The number of furan rings is 4. The average Bonchev–Trinajstić information content (AvgIpc) is 1.75. The molecule has 0 saturated heterocycles. The molecule has 3 N–H and O–H groups in total. The van der Waals surface area contributed by atoms with Crippen LogP contribution in [0, 0.1) is 45.9 Å². The van der Waals surface area contributed by atoms with Crippen molar-refractivity contribution < 1.29 is 102 Å². The van der Waals surface area contributed by atoms with Gasteiger partial charge in [0.1, 0.15) is 77.9 Å². The van der Waals surface area contributed by atoms with Crippen LogP contribution in [-0.4, -0.2) is 51.1 Å². The van der Waals surface area contributed by atoms with Crippen LogP contribution in [0.1, 0.15) is 150 Å². The maximum absolute atomic E-state index is 13.1. The highest BCUT2D eigenvalue weighted by Crippen LogP contribution is 2.28. The molecule has 0 aliphatic carbocycles. The Morgan fingerprint density at radius 2 is 0.661 bits per heavy atom. The Morgan fingerprint density at radius 3 is 0.957 bits per heavy atom. The van der Waals surface area contributed by atoms with Gasteiger partial charge in [-0.25, -0.2) is 17.6 Å². The molecule has 0 spiro atoms. The molecule has 0 bridgehead atoms. The number of carbonyl (C=O) groups excluding carboxylic acids is 5. The molecule has 0 atom stereocenters. The highest BCUT2D eigenvalue weighted by atomic mass is 19.1. The predicted octanol–water partition coefficient (Wildman–Crippen LogP) is 14.7. The number of hydrogen-bond donors (Lipinski definition) is 3. The summed E-state index contributed by atoms with van der Waals surface area (Å²) in [6, 6.07) is 60.2. The van der Waals surface area contributed by atoms with Crippen LogP contribution in [0.5, 0.6) is 23.0 Å². The van der Waals surface area contributed by atoms with Gasteiger partial charge in [0.2, 0.25) is 79.3 Å². The van der Waals surface area contributed by atoms with Crippen molar-refractivity contribution in [3.63, 3.8) is 0 Å². The van der Waals surface area contributed by atoms with Crippen LogP contribution in [0.25, 0.3) is 0 Å². The van der Waals surface area contributed by atoms with Crippen molar-refractivity contribution in [2.75, 3.05) is 0 Å². The molecule has 0 aliphatic heterocycles. The molecule has 14 rings (SSSR count). The molecule has 115 heavy (non-hydrogen) atoms.